The van der Waals surface area contributed by atoms with Crippen molar-refractivity contribution in [1.82, 2.24) is 5.32 Å². The van der Waals surface area contributed by atoms with Crippen molar-refractivity contribution < 1.29 is 13.2 Å². The summed E-state index contributed by atoms with van der Waals surface area (Å²) >= 11 is 6.12. The van der Waals surface area contributed by atoms with Crippen LogP contribution in [0.5, 0.6) is 0 Å². The second kappa shape index (κ2) is 8.76. The lowest BCUT2D eigenvalue weighted by atomic mass is 10.0. The minimum absolute atomic E-state index is 0.180. The molecule has 0 saturated carbocycles. The number of amides is 1. The highest BCUT2D eigenvalue weighted by Gasteiger charge is 2.23. The molecular formula is C20H25ClN2O3S. The molecule has 0 fully saturated rings. The summed E-state index contributed by atoms with van der Waals surface area (Å²) in [4.78, 5) is 12.6. The van der Waals surface area contributed by atoms with E-state index < -0.39 is 10.0 Å². The van der Waals surface area contributed by atoms with Gasteiger partial charge in [-0.25, -0.2) is 8.42 Å². The summed E-state index contributed by atoms with van der Waals surface area (Å²) in [6.45, 7) is 5.50. The third-order valence-electron chi connectivity index (χ3n) is 4.35. The zero-order chi connectivity index (χ0) is 20.2. The molecule has 0 unspecified atom stereocenters. The number of carbonyl (C=O) groups is 1. The SMILES string of the molecule is CC[C@@H](NC(=O)CN(c1ccc(C)c(Cl)c1)S(C)(=O)=O)c1ccc(C)cc1. The van der Waals surface area contributed by atoms with E-state index in [1.807, 2.05) is 45.0 Å². The second-order valence-electron chi connectivity index (χ2n) is 6.64. The van der Waals surface area contributed by atoms with Crippen molar-refractivity contribution in [3.8, 4) is 0 Å². The van der Waals surface area contributed by atoms with Crippen molar-refractivity contribution in [1.29, 1.82) is 0 Å². The van der Waals surface area contributed by atoms with Crippen LogP contribution in [0.25, 0.3) is 0 Å². The first kappa shape index (κ1) is 21.3. The third kappa shape index (κ3) is 5.71. The van der Waals surface area contributed by atoms with Crippen LogP contribution in [0.1, 0.15) is 36.1 Å². The lowest BCUT2D eigenvalue weighted by Gasteiger charge is -2.24. The lowest BCUT2D eigenvalue weighted by Crippen LogP contribution is -2.41. The molecule has 5 nitrogen and oxygen atoms in total. The van der Waals surface area contributed by atoms with Crippen LogP contribution in [0.3, 0.4) is 0 Å². The first-order chi connectivity index (χ1) is 12.6. The zero-order valence-electron chi connectivity index (χ0n) is 16.0. The van der Waals surface area contributed by atoms with E-state index in [1.54, 1.807) is 18.2 Å². The molecule has 0 aliphatic rings. The Hall–Kier alpha value is -2.05. The number of aryl methyl sites for hydroxylation is 2. The van der Waals surface area contributed by atoms with Crippen LogP contribution < -0.4 is 9.62 Å². The standard InChI is InChI=1S/C20H25ClN2O3S/c1-5-19(16-9-6-14(2)7-10-16)22-20(24)13-23(27(4,25)26)17-11-8-15(3)18(21)12-17/h6-12,19H,5,13H2,1-4H3,(H,22,24)/t19-/m1/s1. The number of sulfonamides is 1. The highest BCUT2D eigenvalue weighted by molar-refractivity contribution is 7.92. The number of anilines is 1. The van der Waals surface area contributed by atoms with Gasteiger partial charge in [-0.1, -0.05) is 54.4 Å². The number of nitrogens with one attached hydrogen (secondary N) is 1. The maximum atomic E-state index is 12.6. The molecule has 0 aliphatic heterocycles. The van der Waals surface area contributed by atoms with Crippen LogP contribution in [-0.4, -0.2) is 27.1 Å². The zero-order valence-corrected chi connectivity index (χ0v) is 17.6. The van der Waals surface area contributed by atoms with Gasteiger partial charge in [-0.05, 0) is 43.5 Å². The Balaban J connectivity index is 2.20. The van der Waals surface area contributed by atoms with Crippen LogP contribution >= 0.6 is 11.6 Å². The van der Waals surface area contributed by atoms with Crippen molar-refractivity contribution in [3.63, 3.8) is 0 Å². The molecule has 0 heterocycles. The fraction of sp³-hybridized carbons (Fsp3) is 0.350. The smallest absolute Gasteiger partial charge is 0.241 e. The number of rotatable bonds is 7. The minimum atomic E-state index is -3.64. The fourth-order valence-electron chi connectivity index (χ4n) is 2.73. The van der Waals surface area contributed by atoms with Crippen molar-refractivity contribution in [2.75, 3.05) is 17.1 Å². The summed E-state index contributed by atoms with van der Waals surface area (Å²) in [6.07, 6.45) is 1.77. The Morgan fingerprint density at radius 3 is 2.30 bits per heavy atom. The summed E-state index contributed by atoms with van der Waals surface area (Å²) in [6, 6.07) is 12.7. The number of hydrogen-bond acceptors (Lipinski definition) is 3. The number of benzene rings is 2. The van der Waals surface area contributed by atoms with Gasteiger partial charge in [-0.15, -0.1) is 0 Å². The monoisotopic (exact) mass is 408 g/mol. The first-order valence-corrected chi connectivity index (χ1v) is 10.9. The summed E-state index contributed by atoms with van der Waals surface area (Å²) < 4.78 is 25.5. The molecule has 2 aromatic carbocycles. The molecule has 0 aliphatic carbocycles. The number of nitrogens with zero attached hydrogens (tertiary/aromatic N) is 1. The molecule has 2 rings (SSSR count). The molecule has 0 aromatic heterocycles. The van der Waals surface area contributed by atoms with Gasteiger partial charge in [0.25, 0.3) is 0 Å². The van der Waals surface area contributed by atoms with Crippen LogP contribution in [0, 0.1) is 13.8 Å². The molecule has 146 valence electrons. The first-order valence-electron chi connectivity index (χ1n) is 8.71. The average Bonchev–Trinajstić information content (AvgIpc) is 2.60. The number of hydrogen-bond donors (Lipinski definition) is 1. The van der Waals surface area contributed by atoms with Gasteiger partial charge >= 0.3 is 0 Å². The van der Waals surface area contributed by atoms with E-state index in [1.165, 1.54) is 0 Å². The number of halogens is 1. The predicted octanol–water partition coefficient (Wildman–Crippen LogP) is 3.99. The van der Waals surface area contributed by atoms with E-state index >= 15 is 0 Å². The van der Waals surface area contributed by atoms with Gasteiger partial charge < -0.3 is 5.32 Å². The van der Waals surface area contributed by atoms with Gasteiger partial charge in [-0.2, -0.15) is 0 Å². The molecular weight excluding hydrogens is 384 g/mol. The fourth-order valence-corrected chi connectivity index (χ4v) is 3.75. The molecule has 1 atom stereocenters. The van der Waals surface area contributed by atoms with Gasteiger partial charge in [0.1, 0.15) is 6.54 Å². The van der Waals surface area contributed by atoms with Crippen molar-refractivity contribution >= 4 is 33.2 Å². The summed E-state index contributed by atoms with van der Waals surface area (Å²) in [7, 11) is -3.64. The summed E-state index contributed by atoms with van der Waals surface area (Å²) in [5.74, 6) is -0.371. The van der Waals surface area contributed by atoms with E-state index in [9.17, 15) is 13.2 Å². The second-order valence-corrected chi connectivity index (χ2v) is 8.96. The maximum Gasteiger partial charge on any atom is 0.241 e. The molecule has 1 amide bonds. The van der Waals surface area contributed by atoms with Gasteiger partial charge in [0, 0.05) is 5.02 Å². The Kier molecular flexibility index (Phi) is 6.89. The highest BCUT2D eigenvalue weighted by Crippen LogP contribution is 2.25. The van der Waals surface area contributed by atoms with Gasteiger partial charge in [-0.3, -0.25) is 9.10 Å². The van der Waals surface area contributed by atoms with E-state index in [0.717, 1.165) is 27.3 Å². The molecule has 0 bridgehead atoms. The average molecular weight is 409 g/mol. The van der Waals surface area contributed by atoms with E-state index in [4.69, 9.17) is 11.6 Å². The molecule has 2 aromatic rings. The quantitative estimate of drug-likeness (QED) is 0.753. The maximum absolute atomic E-state index is 12.6. The van der Waals surface area contributed by atoms with Crippen LogP contribution in [0.4, 0.5) is 5.69 Å². The Labute approximate surface area is 166 Å². The molecule has 27 heavy (non-hydrogen) atoms. The third-order valence-corrected chi connectivity index (χ3v) is 5.90. The molecule has 0 spiro atoms. The summed E-state index contributed by atoms with van der Waals surface area (Å²) in [5.41, 5.74) is 3.33. The summed E-state index contributed by atoms with van der Waals surface area (Å²) in [5, 5.41) is 3.37. The van der Waals surface area contributed by atoms with E-state index in [-0.39, 0.29) is 18.5 Å². The molecule has 0 radical (unpaired) electrons. The van der Waals surface area contributed by atoms with Crippen LogP contribution in [-0.2, 0) is 14.8 Å². The molecule has 7 heteroatoms. The Bertz CT molecular complexity index is 911. The van der Waals surface area contributed by atoms with E-state index in [0.29, 0.717) is 17.1 Å². The van der Waals surface area contributed by atoms with Crippen molar-refractivity contribution in [2.45, 2.75) is 33.2 Å². The van der Waals surface area contributed by atoms with Crippen LogP contribution in [0.2, 0.25) is 5.02 Å². The lowest BCUT2D eigenvalue weighted by molar-refractivity contribution is -0.120. The molecule has 0 saturated heterocycles. The van der Waals surface area contributed by atoms with E-state index in [2.05, 4.69) is 5.32 Å². The normalized spacial score (nSPS) is 12.5. The van der Waals surface area contributed by atoms with Crippen molar-refractivity contribution in [2.24, 2.45) is 0 Å². The minimum Gasteiger partial charge on any atom is -0.348 e. The van der Waals surface area contributed by atoms with Gasteiger partial charge in [0.15, 0.2) is 0 Å². The van der Waals surface area contributed by atoms with Crippen LogP contribution in [0.15, 0.2) is 42.5 Å². The van der Waals surface area contributed by atoms with Crippen molar-refractivity contribution in [3.05, 3.63) is 64.2 Å². The number of carbonyl (C=O) groups excluding carboxylic acids is 1. The highest BCUT2D eigenvalue weighted by atomic mass is 35.5. The Morgan fingerprint density at radius 1 is 1.15 bits per heavy atom. The Morgan fingerprint density at radius 2 is 1.78 bits per heavy atom. The largest absolute Gasteiger partial charge is 0.348 e. The topological polar surface area (TPSA) is 66.5 Å². The molecule has 1 N–H and O–H groups in total. The van der Waals surface area contributed by atoms with Gasteiger partial charge in [0.05, 0.1) is 18.0 Å². The van der Waals surface area contributed by atoms with Gasteiger partial charge in [0.2, 0.25) is 15.9 Å². The predicted molar refractivity (Wildman–Crippen MR) is 111 cm³/mol.